The molecule has 128 valence electrons. The number of alkyl halides is 6. The van der Waals surface area contributed by atoms with E-state index in [0.29, 0.717) is 0 Å². The zero-order valence-corrected chi connectivity index (χ0v) is 12.2. The van der Waals surface area contributed by atoms with Crippen molar-refractivity contribution < 1.29 is 44.7 Å². The molecule has 1 aromatic rings. The molecule has 0 saturated heterocycles. The second-order valence-electron chi connectivity index (χ2n) is 4.13. The van der Waals surface area contributed by atoms with E-state index in [1.807, 2.05) is 0 Å². The first-order valence-corrected chi connectivity index (χ1v) is 6.19. The first-order valence-electron chi connectivity index (χ1n) is 5.40. The van der Waals surface area contributed by atoms with Gasteiger partial charge in [0.25, 0.3) is 0 Å². The highest BCUT2D eigenvalue weighted by Crippen LogP contribution is 2.53. The van der Waals surface area contributed by atoms with Crippen LogP contribution in [0.25, 0.3) is 0 Å². The lowest BCUT2D eigenvalue weighted by Crippen LogP contribution is -2.57. The zero-order valence-electron chi connectivity index (χ0n) is 10.7. The molecule has 2 nitrogen and oxygen atoms in total. The molecule has 23 heavy (non-hydrogen) atoms. The van der Waals surface area contributed by atoms with Crippen molar-refractivity contribution in [3.63, 3.8) is 0 Å². The molecule has 0 bridgehead atoms. The van der Waals surface area contributed by atoms with Crippen LogP contribution in [0.1, 0.15) is 5.56 Å². The molecule has 0 aromatic heterocycles. The number of hydrogen-bond donors (Lipinski definition) is 0. The Balaban J connectivity index is 3.76. The molecular weight excluding hydrogens is 408 g/mol. The van der Waals surface area contributed by atoms with Crippen LogP contribution in [0.3, 0.4) is 0 Å². The maximum absolute atomic E-state index is 13.2. The second kappa shape index (κ2) is 6.10. The topological polar surface area (TPSA) is 26.3 Å². The third-order valence-electron chi connectivity index (χ3n) is 2.53. The molecule has 0 spiro atoms. The lowest BCUT2D eigenvalue weighted by Gasteiger charge is -2.36. The van der Waals surface area contributed by atoms with Crippen LogP contribution >= 0.6 is 15.9 Å². The summed E-state index contributed by atoms with van der Waals surface area (Å²) in [6, 6.07) is -0.394. The largest absolute Gasteiger partial charge is 0.442 e. The molecule has 0 atom stereocenters. The monoisotopic (exact) mass is 412 g/mol. The minimum absolute atomic E-state index is 0.0618. The molecule has 0 radical (unpaired) electrons. The lowest BCUT2D eigenvalue weighted by molar-refractivity contribution is -0.376. The van der Waals surface area contributed by atoms with Crippen LogP contribution in [0.4, 0.5) is 35.1 Å². The van der Waals surface area contributed by atoms with Crippen LogP contribution in [0.2, 0.25) is 0 Å². The number of carbonyl (C=O) groups excluding carboxylic acids is 1. The fourth-order valence-electron chi connectivity index (χ4n) is 1.61. The van der Waals surface area contributed by atoms with E-state index >= 15 is 0 Å². The minimum Gasteiger partial charge on any atom is -0.430 e. The standard InChI is InChI=1S/C12H5BrF8O2/c1-5(13)9(22)23-10(11(16,17)18,12(19,20)21)6-2-7(14)4-8(15)3-6/h2-4H,1H2. The Morgan fingerprint density at radius 1 is 0.957 bits per heavy atom. The Hall–Kier alpha value is -1.65. The molecule has 0 heterocycles. The predicted octanol–water partition coefficient (Wildman–Crippen LogP) is 4.74. The highest BCUT2D eigenvalue weighted by Gasteiger charge is 2.75. The number of carbonyl (C=O) groups is 1. The lowest BCUT2D eigenvalue weighted by atomic mass is 9.91. The van der Waals surface area contributed by atoms with Gasteiger partial charge in [-0.2, -0.15) is 26.3 Å². The van der Waals surface area contributed by atoms with Crippen molar-refractivity contribution in [3.05, 3.63) is 46.5 Å². The van der Waals surface area contributed by atoms with Crippen molar-refractivity contribution in [2.75, 3.05) is 0 Å². The molecule has 0 aliphatic carbocycles. The first kappa shape index (κ1) is 19.4. The summed E-state index contributed by atoms with van der Waals surface area (Å²) in [5.74, 6) is -5.54. The number of hydrogen-bond acceptors (Lipinski definition) is 2. The molecule has 0 aliphatic rings. The first-order chi connectivity index (χ1) is 10.2. The van der Waals surface area contributed by atoms with Gasteiger partial charge in [-0.25, -0.2) is 13.6 Å². The number of benzene rings is 1. The molecular formula is C12H5BrF8O2. The Morgan fingerprint density at radius 3 is 1.65 bits per heavy atom. The van der Waals surface area contributed by atoms with Crippen molar-refractivity contribution in [1.82, 2.24) is 0 Å². The average Bonchev–Trinajstić information content (AvgIpc) is 2.30. The van der Waals surface area contributed by atoms with E-state index in [9.17, 15) is 39.9 Å². The summed E-state index contributed by atoms with van der Waals surface area (Å²) >= 11 is 2.28. The predicted molar refractivity (Wildman–Crippen MR) is 64.3 cm³/mol. The molecule has 1 aromatic carbocycles. The summed E-state index contributed by atoms with van der Waals surface area (Å²) in [5, 5.41) is 0. The van der Waals surface area contributed by atoms with Gasteiger partial charge in [-0.1, -0.05) is 6.58 Å². The smallest absolute Gasteiger partial charge is 0.430 e. The summed E-state index contributed by atoms with van der Waals surface area (Å²) in [7, 11) is 0. The summed E-state index contributed by atoms with van der Waals surface area (Å²) in [5.41, 5.74) is -7.24. The van der Waals surface area contributed by atoms with Gasteiger partial charge in [0, 0.05) is 11.6 Å². The summed E-state index contributed by atoms with van der Waals surface area (Å²) < 4.78 is 108. The number of rotatable bonds is 3. The average molecular weight is 413 g/mol. The third-order valence-corrected chi connectivity index (χ3v) is 2.86. The van der Waals surface area contributed by atoms with Crippen LogP contribution < -0.4 is 0 Å². The van der Waals surface area contributed by atoms with Crippen LogP contribution in [-0.4, -0.2) is 18.3 Å². The Bertz CT molecular complexity index is 601. The van der Waals surface area contributed by atoms with Crippen molar-refractivity contribution in [2.24, 2.45) is 0 Å². The molecule has 0 unspecified atom stereocenters. The number of halogens is 9. The zero-order chi connectivity index (χ0) is 18.2. The summed E-state index contributed by atoms with van der Waals surface area (Å²) in [4.78, 5) is 11.2. The van der Waals surface area contributed by atoms with Crippen molar-refractivity contribution in [3.8, 4) is 0 Å². The van der Waals surface area contributed by atoms with Gasteiger partial charge in [0.2, 0.25) is 0 Å². The fourth-order valence-corrected chi connectivity index (χ4v) is 1.70. The van der Waals surface area contributed by atoms with Gasteiger partial charge in [-0.05, 0) is 28.1 Å². The summed E-state index contributed by atoms with van der Waals surface area (Å²) in [6.07, 6.45) is -12.5. The van der Waals surface area contributed by atoms with E-state index < -0.39 is 45.6 Å². The van der Waals surface area contributed by atoms with Crippen LogP contribution in [0, 0.1) is 11.6 Å². The van der Waals surface area contributed by atoms with E-state index in [0.717, 1.165) is 0 Å². The van der Waals surface area contributed by atoms with Gasteiger partial charge in [0.15, 0.2) is 0 Å². The van der Waals surface area contributed by atoms with Crippen molar-refractivity contribution in [1.29, 1.82) is 0 Å². The second-order valence-corrected chi connectivity index (χ2v) is 5.09. The molecule has 11 heteroatoms. The van der Waals surface area contributed by atoms with E-state index in [1.165, 1.54) is 0 Å². The molecule has 0 fully saturated rings. The highest BCUT2D eigenvalue weighted by atomic mass is 79.9. The molecule has 0 saturated carbocycles. The van der Waals surface area contributed by atoms with Gasteiger partial charge in [-0.15, -0.1) is 0 Å². The third kappa shape index (κ3) is 3.65. The molecule has 0 amide bonds. The minimum atomic E-state index is -6.26. The Morgan fingerprint density at radius 2 is 1.35 bits per heavy atom. The van der Waals surface area contributed by atoms with Crippen LogP contribution in [0.15, 0.2) is 29.3 Å². The maximum Gasteiger partial charge on any atom is 0.442 e. The van der Waals surface area contributed by atoms with E-state index in [4.69, 9.17) is 0 Å². The summed E-state index contributed by atoms with van der Waals surface area (Å²) in [6.45, 7) is 2.79. The van der Waals surface area contributed by atoms with Crippen molar-refractivity contribution in [2.45, 2.75) is 18.0 Å². The molecule has 0 aliphatic heterocycles. The van der Waals surface area contributed by atoms with Gasteiger partial charge in [0.1, 0.15) is 11.6 Å². The number of ether oxygens (including phenoxy) is 1. The van der Waals surface area contributed by atoms with E-state index in [-0.39, 0.29) is 18.2 Å². The van der Waals surface area contributed by atoms with Gasteiger partial charge in [0.05, 0.1) is 4.48 Å². The number of esters is 1. The maximum atomic E-state index is 13.2. The molecule has 1 rings (SSSR count). The Labute approximate surface area is 131 Å². The quantitative estimate of drug-likeness (QED) is 0.407. The van der Waals surface area contributed by atoms with Crippen LogP contribution in [-0.2, 0) is 15.1 Å². The van der Waals surface area contributed by atoms with Gasteiger partial charge in [-0.3, -0.25) is 0 Å². The normalized spacial score (nSPS) is 12.9. The van der Waals surface area contributed by atoms with E-state index in [1.54, 1.807) is 0 Å². The SMILES string of the molecule is C=C(Br)C(=O)OC(c1cc(F)cc(F)c1)(C(F)(F)F)C(F)(F)F. The fraction of sp³-hybridized carbons (Fsp3) is 0.250. The van der Waals surface area contributed by atoms with Gasteiger partial charge < -0.3 is 4.74 Å². The molecule has 0 N–H and O–H groups in total. The van der Waals surface area contributed by atoms with Crippen molar-refractivity contribution >= 4 is 21.9 Å². The van der Waals surface area contributed by atoms with E-state index in [2.05, 4.69) is 27.2 Å². The van der Waals surface area contributed by atoms with Crippen LogP contribution in [0.5, 0.6) is 0 Å². The highest BCUT2D eigenvalue weighted by molar-refractivity contribution is 9.12. The van der Waals surface area contributed by atoms with Gasteiger partial charge >= 0.3 is 23.9 Å². The Kier molecular flexibility index (Phi) is 5.14.